The molecular formula is C94H84F30N12O12. The molecule has 6 aromatic heterocycles. The minimum Gasteiger partial charge on any atom is -0.489 e. The summed E-state index contributed by atoms with van der Waals surface area (Å²) in [6.07, 6.45) is -44.2. The number of pyridine rings is 6. The van der Waals surface area contributed by atoms with E-state index in [0.29, 0.717) is 116 Å². The van der Waals surface area contributed by atoms with E-state index in [1.54, 1.807) is 6.92 Å². The van der Waals surface area contributed by atoms with Crippen LogP contribution in [-0.2, 0) is 37.1 Å². The van der Waals surface area contributed by atoms with Gasteiger partial charge in [0.1, 0.15) is 93.8 Å². The highest BCUT2D eigenvalue weighted by Crippen LogP contribution is 2.52. The third-order valence-electron chi connectivity index (χ3n) is 24.8. The maximum Gasteiger partial charge on any atom is 0.417 e. The van der Waals surface area contributed by atoms with Gasteiger partial charge in [0.05, 0.1) is 131 Å². The van der Waals surface area contributed by atoms with E-state index in [-0.39, 0.29) is 114 Å². The fourth-order valence-corrected chi connectivity index (χ4v) is 17.9. The molecule has 24 nitrogen and oxygen atoms in total. The second kappa shape index (κ2) is 40.6. The Morgan fingerprint density at radius 2 is 0.554 bits per heavy atom. The molecule has 6 aromatic carbocycles. The van der Waals surface area contributed by atoms with Gasteiger partial charge in [0.25, 0.3) is 0 Å². The van der Waals surface area contributed by atoms with Gasteiger partial charge in [-0.3, -0.25) is 28.8 Å². The average molecular weight is 2140 g/mol. The number of hydrogen-bond acceptors (Lipinski definition) is 18. The van der Waals surface area contributed by atoms with Crippen LogP contribution in [0.25, 0.3) is 65.4 Å². The molecule has 4 unspecified atom stereocenters. The van der Waals surface area contributed by atoms with E-state index < -0.39 is 201 Å². The Balaban J connectivity index is 0.000000140. The van der Waals surface area contributed by atoms with Gasteiger partial charge >= 0.3 is 61.8 Å². The molecule has 0 radical (unpaired) electrons. The lowest BCUT2D eigenvalue weighted by Gasteiger charge is -2.39. The first-order chi connectivity index (χ1) is 68.6. The van der Waals surface area contributed by atoms with Crippen LogP contribution in [0.2, 0.25) is 0 Å². The largest absolute Gasteiger partial charge is 0.489 e. The minimum absolute atomic E-state index is 0.00132. The molecule has 19 rings (SSSR count). The van der Waals surface area contributed by atoms with Crippen molar-refractivity contribution >= 4 is 99.5 Å². The summed E-state index contributed by atoms with van der Waals surface area (Å²) in [7, 11) is 0. The zero-order valence-corrected chi connectivity index (χ0v) is 77.7. The van der Waals surface area contributed by atoms with Crippen molar-refractivity contribution in [1.29, 1.82) is 0 Å². The van der Waals surface area contributed by atoms with Gasteiger partial charge in [-0.1, -0.05) is 13.8 Å². The van der Waals surface area contributed by atoms with Gasteiger partial charge in [-0.05, 0) is 103 Å². The van der Waals surface area contributed by atoms with Crippen molar-refractivity contribution in [3.63, 3.8) is 0 Å². The Bertz CT molecular complexity index is 7160. The molecule has 6 aliphatic heterocycles. The van der Waals surface area contributed by atoms with Gasteiger partial charge in [-0.15, -0.1) is 0 Å². The number of hydrogen-bond donors (Lipinski definition) is 6. The van der Waals surface area contributed by atoms with Gasteiger partial charge in [-0.2, -0.15) is 132 Å². The molecule has 1 saturated carbocycles. The highest BCUT2D eigenvalue weighted by Gasteiger charge is 2.52. The summed E-state index contributed by atoms with van der Waals surface area (Å²) in [5, 5.41) is -1.58. The summed E-state index contributed by atoms with van der Waals surface area (Å²) < 4.78 is 426. The zero-order chi connectivity index (χ0) is 109. The van der Waals surface area contributed by atoms with Gasteiger partial charge in [0.15, 0.2) is 6.04 Å². The molecule has 54 heteroatoms. The van der Waals surface area contributed by atoms with Crippen molar-refractivity contribution in [2.75, 3.05) is 108 Å². The normalized spacial score (nSPS) is 18.1. The lowest BCUT2D eigenvalue weighted by Crippen LogP contribution is -2.54. The first kappa shape index (κ1) is 110. The number of anilines is 6. The number of rotatable bonds is 9. The van der Waals surface area contributed by atoms with Crippen LogP contribution in [0.4, 0.5) is 166 Å². The van der Waals surface area contributed by atoms with Gasteiger partial charge in [-0.25, -0.2) is 0 Å². The number of aromatic nitrogens is 6. The third-order valence-corrected chi connectivity index (χ3v) is 24.8. The Morgan fingerprint density at radius 3 is 0.838 bits per heavy atom. The average Bonchev–Trinajstić information content (AvgIpc) is 0.772. The number of nitrogens with zero attached hydrogens (tertiary/aromatic N) is 6. The van der Waals surface area contributed by atoms with E-state index in [1.165, 1.54) is 43.3 Å². The first-order valence-corrected chi connectivity index (χ1v) is 44.9. The summed E-state index contributed by atoms with van der Waals surface area (Å²) in [4.78, 5) is 91.0. The number of aromatic amines is 6. The van der Waals surface area contributed by atoms with Crippen LogP contribution in [0.3, 0.4) is 0 Å². The van der Waals surface area contributed by atoms with Crippen LogP contribution < -0.4 is 91.2 Å². The standard InChI is InChI=1S/C18H19F3N2O2.C16H14F6N2O2.C15H9F9N2O2.C15H12F6N2O2.2C15H15F3N2O2/c1-2-11-9-25-16-7-14-12(5-15(16)23(11)8-10-3-4-10)13(18(19,20)21)6-17(24)22-14;1-2-8-6-26-13-5-11-9(3-12(13)24(8)7-15(17,18)19)10(16(20,21)22)4-14(25)23-11;16-13(17,18)5-26-9-1-6-7(14(19,20)21)2-12(27)25-8(6)3-10(9)28-4-11(26)15(22,23)24;1-7-5-25-12-4-10-8(2-11(12)23(7)6-14(16,17)18)9(15(19,20)21)3-13(24)22-10;1-8(2)20-3-4-22-13-7-11-9(5-12(13)20)10(15(16,17)18)6-14(21)19-11;1-3-20-8(2)7-22-13-6-11-9(4-12(13)20)10(15(16,17)18)5-14(21)19-11/h5-7,10-11H,2-4,8-9H2,1H3,(H,22,24);3-5,8H,2,6-7H2,1H3,(H,23,25);1-3,11H,4-5H2,(H,25,27);2-4,7H,5-6H2,1H3,(H,22,24);5-8H,3-4H2,1-2H3,(H,19,21);4-6,8H,3,7H2,1-2H3,(H,19,21)/t;;;7-;;/m...1../s1. The van der Waals surface area contributed by atoms with E-state index >= 15 is 0 Å². The summed E-state index contributed by atoms with van der Waals surface area (Å²) in [6.45, 7) is 10.6. The van der Waals surface area contributed by atoms with Crippen LogP contribution in [-0.4, -0.2) is 170 Å². The molecular weight excluding hydrogens is 2060 g/mol. The van der Waals surface area contributed by atoms with E-state index in [9.17, 15) is 160 Å². The molecule has 12 heterocycles. The van der Waals surface area contributed by atoms with Gasteiger partial charge in [0, 0.05) is 124 Å². The molecule has 0 amide bonds. The fourth-order valence-electron chi connectivity index (χ4n) is 17.9. The monoisotopic (exact) mass is 2140 g/mol. The lowest BCUT2D eigenvalue weighted by atomic mass is 10.0. The number of nitrogens with one attached hydrogen (secondary N) is 6. The van der Waals surface area contributed by atoms with Crippen LogP contribution in [0.1, 0.15) is 108 Å². The minimum atomic E-state index is -5.13. The smallest absolute Gasteiger partial charge is 0.417 e. The summed E-state index contributed by atoms with van der Waals surface area (Å²) in [5.74, 6) is 1.60. The Hall–Kier alpha value is -13.9. The second-order valence-electron chi connectivity index (χ2n) is 35.6. The first-order valence-electron chi connectivity index (χ1n) is 44.9. The molecule has 148 heavy (non-hydrogen) atoms. The topological polar surface area (TPSA) is 272 Å². The van der Waals surface area contributed by atoms with Crippen LogP contribution in [0.5, 0.6) is 34.5 Å². The molecule has 0 bridgehead atoms. The Labute approximate surface area is 812 Å². The number of H-pyrrole nitrogens is 6. The summed E-state index contributed by atoms with van der Waals surface area (Å²) in [5.41, 5.74) is -11.4. The van der Waals surface area contributed by atoms with Crippen molar-refractivity contribution in [2.24, 2.45) is 5.92 Å². The second-order valence-corrected chi connectivity index (χ2v) is 35.6. The zero-order valence-electron chi connectivity index (χ0n) is 77.7. The summed E-state index contributed by atoms with van der Waals surface area (Å²) >= 11 is 0. The quantitative estimate of drug-likeness (QED) is 0.0733. The van der Waals surface area contributed by atoms with Crippen LogP contribution >= 0.6 is 0 Å². The van der Waals surface area contributed by atoms with Gasteiger partial charge < -0.3 is 87.7 Å². The molecule has 0 spiro atoms. The van der Waals surface area contributed by atoms with Crippen molar-refractivity contribution < 1.29 is 160 Å². The highest BCUT2D eigenvalue weighted by molar-refractivity contribution is 5.95. The number of ether oxygens (including phenoxy) is 6. The summed E-state index contributed by atoms with van der Waals surface area (Å²) in [6, 6.07) is 13.5. The molecule has 1 aliphatic carbocycles. The van der Waals surface area contributed by atoms with Gasteiger partial charge in [0.2, 0.25) is 33.4 Å². The van der Waals surface area contributed by atoms with Crippen molar-refractivity contribution in [2.45, 2.75) is 172 Å². The fraction of sp³-hybridized carbons (Fsp3) is 0.426. The number of fused-ring (bicyclic) bond motifs is 12. The number of benzene rings is 6. The molecule has 802 valence electrons. The molecule has 0 saturated heterocycles. The number of alkyl halides is 30. The maximum atomic E-state index is 13.4. The Kier molecular flexibility index (Phi) is 30.1. The maximum absolute atomic E-state index is 13.4. The van der Waals surface area contributed by atoms with Crippen molar-refractivity contribution in [1.82, 2.24) is 29.9 Å². The lowest BCUT2D eigenvalue weighted by molar-refractivity contribution is -0.166. The molecule has 7 aliphatic rings. The Morgan fingerprint density at radius 1 is 0.304 bits per heavy atom. The van der Waals surface area contributed by atoms with Crippen LogP contribution in [0, 0.1) is 5.92 Å². The predicted molar refractivity (Wildman–Crippen MR) is 483 cm³/mol. The molecule has 12 aromatic rings. The SMILES string of the molecule is CC(C)N1CCOc2cc3[nH]c(=O)cc(C(F)(F)F)c3cc21.CCC1COc2cc3[nH]c(=O)cc(C(F)(F)F)c3cc2N1CC(F)(F)F.CCC1COc2cc3[nH]c(=O)cc(C(F)(F)F)c3cc2N1CC1CC1.CCN1c2cc3c(C(F)(F)F)cc(=O)[nH]c3cc2OCC1C.C[C@@H]1COc2cc3[nH]c(=O)cc(C(F)(F)F)c3cc2N1CC(F)(F)F.O=c1cc(C(F)(F)F)c2cc3c(cc2[nH]1)OCC(C(F)(F)F)N3CC(F)(F)F. The van der Waals surface area contributed by atoms with E-state index in [2.05, 4.69) is 41.7 Å². The third kappa shape index (κ3) is 24.7. The molecule has 6 N–H and O–H groups in total. The number of halogens is 30. The van der Waals surface area contributed by atoms with Crippen molar-refractivity contribution in [3.8, 4) is 34.5 Å². The van der Waals surface area contributed by atoms with Crippen molar-refractivity contribution in [3.05, 3.63) is 205 Å². The predicted octanol–water partition coefficient (Wildman–Crippen LogP) is 22.3. The highest BCUT2D eigenvalue weighted by atomic mass is 19.4. The van der Waals surface area contributed by atoms with E-state index in [4.69, 9.17) is 28.4 Å². The van der Waals surface area contributed by atoms with E-state index in [0.717, 1.165) is 65.9 Å². The molecule has 5 atom stereocenters. The molecule has 1 fully saturated rings. The van der Waals surface area contributed by atoms with E-state index in [1.807, 2.05) is 37.5 Å². The van der Waals surface area contributed by atoms with Crippen LogP contribution in [0.15, 0.2) is 138 Å². The number of likely N-dealkylation sites (N-methyl/N-ethyl adjacent to an activating group) is 1.